The van der Waals surface area contributed by atoms with Crippen LogP contribution in [-0.4, -0.2) is 29.1 Å². The van der Waals surface area contributed by atoms with Crippen LogP contribution in [0.5, 0.6) is 11.5 Å². The molecule has 0 aliphatic heterocycles. The molecule has 3 rings (SSSR count). The maximum atomic E-state index is 12.1. The number of aryl methyl sites for hydroxylation is 1. The number of nitrogens with zero attached hydrogens (tertiary/aromatic N) is 2. The Bertz CT molecular complexity index is 963. The molecule has 3 aromatic rings. The second-order valence-electron chi connectivity index (χ2n) is 5.18. The standard InChI is InChI=1S/C17H16N2O5S/c1-11-10-25-17-18-12(7-15(20)19(11)17)8-24-16(21)9-23-14-6-4-3-5-13(14)22-2/h3-7,10H,8-9H2,1-2H3. The van der Waals surface area contributed by atoms with Crippen molar-refractivity contribution in [1.82, 2.24) is 9.38 Å². The third-order valence-corrected chi connectivity index (χ3v) is 4.37. The van der Waals surface area contributed by atoms with Gasteiger partial charge in [0.2, 0.25) is 0 Å². The molecule has 0 radical (unpaired) electrons. The zero-order chi connectivity index (χ0) is 17.8. The Balaban J connectivity index is 1.60. The van der Waals surface area contributed by atoms with Gasteiger partial charge in [-0.05, 0) is 19.1 Å². The van der Waals surface area contributed by atoms with Crippen molar-refractivity contribution in [2.24, 2.45) is 0 Å². The van der Waals surface area contributed by atoms with Crippen molar-refractivity contribution in [3.05, 3.63) is 57.5 Å². The lowest BCUT2D eigenvalue weighted by Gasteiger charge is -2.10. The number of ether oxygens (including phenoxy) is 3. The van der Waals surface area contributed by atoms with E-state index in [0.29, 0.717) is 22.2 Å². The van der Waals surface area contributed by atoms with Gasteiger partial charge in [0.05, 0.1) is 12.8 Å². The zero-order valence-electron chi connectivity index (χ0n) is 13.7. The molecule has 130 valence electrons. The Kier molecular flexibility index (Phi) is 4.99. The topological polar surface area (TPSA) is 79.1 Å². The average molecular weight is 360 g/mol. The van der Waals surface area contributed by atoms with E-state index in [1.165, 1.54) is 28.9 Å². The molecule has 0 spiro atoms. The maximum Gasteiger partial charge on any atom is 0.344 e. The smallest absolute Gasteiger partial charge is 0.344 e. The minimum absolute atomic E-state index is 0.0865. The van der Waals surface area contributed by atoms with Gasteiger partial charge < -0.3 is 14.2 Å². The van der Waals surface area contributed by atoms with E-state index in [2.05, 4.69) is 4.98 Å². The number of hydrogen-bond acceptors (Lipinski definition) is 7. The summed E-state index contributed by atoms with van der Waals surface area (Å²) in [7, 11) is 1.52. The lowest BCUT2D eigenvalue weighted by molar-refractivity contribution is -0.147. The summed E-state index contributed by atoms with van der Waals surface area (Å²) in [4.78, 5) is 28.8. The summed E-state index contributed by atoms with van der Waals surface area (Å²) in [5.41, 5.74) is 1.03. The van der Waals surface area contributed by atoms with Gasteiger partial charge in [-0.15, -0.1) is 11.3 Å². The van der Waals surface area contributed by atoms with Gasteiger partial charge in [-0.1, -0.05) is 12.1 Å². The third kappa shape index (κ3) is 3.80. The summed E-state index contributed by atoms with van der Waals surface area (Å²) in [6.07, 6.45) is 0. The molecule has 0 saturated carbocycles. The minimum Gasteiger partial charge on any atom is -0.493 e. The van der Waals surface area contributed by atoms with Gasteiger partial charge in [-0.3, -0.25) is 9.20 Å². The molecule has 8 heteroatoms. The third-order valence-electron chi connectivity index (χ3n) is 3.42. The molecule has 0 aliphatic rings. The van der Waals surface area contributed by atoms with Crippen LogP contribution in [0.4, 0.5) is 0 Å². The molecular formula is C17H16N2O5S. The Morgan fingerprint density at radius 1 is 1.28 bits per heavy atom. The summed E-state index contributed by atoms with van der Waals surface area (Å²) < 4.78 is 17.2. The molecule has 0 saturated heterocycles. The largest absolute Gasteiger partial charge is 0.493 e. The second-order valence-corrected chi connectivity index (χ2v) is 6.02. The number of aromatic nitrogens is 2. The molecule has 0 unspecified atom stereocenters. The molecule has 2 heterocycles. The van der Waals surface area contributed by atoms with E-state index >= 15 is 0 Å². The van der Waals surface area contributed by atoms with E-state index < -0.39 is 5.97 Å². The number of thiazole rings is 1. The monoisotopic (exact) mass is 360 g/mol. The van der Waals surface area contributed by atoms with Crippen molar-refractivity contribution in [2.45, 2.75) is 13.5 Å². The van der Waals surface area contributed by atoms with E-state index in [4.69, 9.17) is 14.2 Å². The highest BCUT2D eigenvalue weighted by molar-refractivity contribution is 7.15. The van der Waals surface area contributed by atoms with Crippen LogP contribution in [0.2, 0.25) is 0 Å². The maximum absolute atomic E-state index is 12.1. The Hall–Kier alpha value is -2.87. The molecule has 25 heavy (non-hydrogen) atoms. The summed E-state index contributed by atoms with van der Waals surface area (Å²) in [5.74, 6) is 0.424. The van der Waals surface area contributed by atoms with Gasteiger partial charge in [0.25, 0.3) is 5.56 Å². The number of carbonyl (C=O) groups excluding carboxylic acids is 1. The number of methoxy groups -OCH3 is 1. The first-order chi connectivity index (χ1) is 12.1. The van der Waals surface area contributed by atoms with Crippen LogP contribution >= 0.6 is 11.3 Å². The summed E-state index contributed by atoms with van der Waals surface area (Å²) >= 11 is 1.36. The first kappa shape index (κ1) is 17.0. The Morgan fingerprint density at radius 2 is 2.04 bits per heavy atom. The van der Waals surface area contributed by atoms with Gasteiger partial charge in [0.15, 0.2) is 23.1 Å². The van der Waals surface area contributed by atoms with Crippen LogP contribution in [0.3, 0.4) is 0 Å². The van der Waals surface area contributed by atoms with Crippen molar-refractivity contribution in [2.75, 3.05) is 13.7 Å². The van der Waals surface area contributed by atoms with E-state index in [9.17, 15) is 9.59 Å². The fourth-order valence-corrected chi connectivity index (χ4v) is 3.14. The van der Waals surface area contributed by atoms with Gasteiger partial charge in [0.1, 0.15) is 6.61 Å². The van der Waals surface area contributed by atoms with Crippen LogP contribution in [0, 0.1) is 6.92 Å². The highest BCUT2D eigenvalue weighted by atomic mass is 32.1. The number of rotatable bonds is 6. The molecule has 0 bridgehead atoms. The summed E-state index contributed by atoms with van der Waals surface area (Å²) in [6, 6.07) is 8.37. The highest BCUT2D eigenvalue weighted by Gasteiger charge is 2.11. The van der Waals surface area contributed by atoms with E-state index in [0.717, 1.165) is 5.69 Å². The predicted molar refractivity (Wildman–Crippen MR) is 92.4 cm³/mol. The minimum atomic E-state index is -0.560. The van der Waals surface area contributed by atoms with Crippen molar-refractivity contribution < 1.29 is 19.0 Å². The summed E-state index contributed by atoms with van der Waals surface area (Å²) in [6.45, 7) is 1.48. The molecule has 0 aliphatic carbocycles. The Labute approximate surface area is 147 Å². The quantitative estimate of drug-likeness (QED) is 0.627. The lowest BCUT2D eigenvalue weighted by atomic mass is 10.3. The van der Waals surface area contributed by atoms with Crippen molar-refractivity contribution in [3.8, 4) is 11.5 Å². The van der Waals surface area contributed by atoms with Gasteiger partial charge in [-0.2, -0.15) is 0 Å². The molecule has 1 aromatic carbocycles. The highest BCUT2D eigenvalue weighted by Crippen LogP contribution is 2.25. The fourth-order valence-electron chi connectivity index (χ4n) is 2.25. The number of benzene rings is 1. The fraction of sp³-hybridized carbons (Fsp3) is 0.235. The number of fused-ring (bicyclic) bond motifs is 1. The van der Waals surface area contributed by atoms with Crippen LogP contribution in [-0.2, 0) is 16.1 Å². The van der Waals surface area contributed by atoms with Gasteiger partial charge in [0, 0.05) is 17.1 Å². The molecule has 0 fully saturated rings. The second kappa shape index (κ2) is 7.35. The van der Waals surface area contributed by atoms with Crippen LogP contribution in [0.1, 0.15) is 11.4 Å². The Morgan fingerprint density at radius 3 is 2.80 bits per heavy atom. The number of para-hydroxylation sites is 2. The van der Waals surface area contributed by atoms with Crippen LogP contribution in [0.15, 0.2) is 40.5 Å². The van der Waals surface area contributed by atoms with Gasteiger partial charge in [-0.25, -0.2) is 9.78 Å². The average Bonchev–Trinajstić information content (AvgIpc) is 2.99. The normalized spacial score (nSPS) is 10.6. The van der Waals surface area contributed by atoms with Crippen LogP contribution in [0.25, 0.3) is 4.96 Å². The molecule has 0 atom stereocenters. The first-order valence-electron chi connectivity index (χ1n) is 7.46. The van der Waals surface area contributed by atoms with Crippen molar-refractivity contribution in [3.63, 3.8) is 0 Å². The van der Waals surface area contributed by atoms with E-state index in [1.807, 2.05) is 12.3 Å². The van der Waals surface area contributed by atoms with Crippen molar-refractivity contribution >= 4 is 22.3 Å². The van der Waals surface area contributed by atoms with Crippen LogP contribution < -0.4 is 15.0 Å². The molecular weight excluding hydrogens is 344 g/mol. The number of carbonyl (C=O) groups is 1. The predicted octanol–water partition coefficient (Wildman–Crippen LogP) is 2.20. The molecule has 0 amide bonds. The van der Waals surface area contributed by atoms with Crippen molar-refractivity contribution in [1.29, 1.82) is 0 Å². The van der Waals surface area contributed by atoms with E-state index in [1.54, 1.807) is 24.3 Å². The summed E-state index contributed by atoms with van der Waals surface area (Å²) in [5, 5.41) is 1.85. The molecule has 0 N–H and O–H groups in total. The van der Waals surface area contributed by atoms with E-state index in [-0.39, 0.29) is 18.8 Å². The molecule has 2 aromatic heterocycles. The van der Waals surface area contributed by atoms with Gasteiger partial charge >= 0.3 is 5.97 Å². The zero-order valence-corrected chi connectivity index (χ0v) is 14.5. The SMILES string of the molecule is COc1ccccc1OCC(=O)OCc1cc(=O)n2c(C)csc2n1. The lowest BCUT2D eigenvalue weighted by Crippen LogP contribution is -2.18. The number of hydrogen-bond donors (Lipinski definition) is 0. The molecule has 7 nitrogen and oxygen atoms in total. The first-order valence-corrected chi connectivity index (χ1v) is 8.34. The number of esters is 1.